The van der Waals surface area contributed by atoms with Crippen molar-refractivity contribution in [3.8, 4) is 5.75 Å². The molecule has 0 aliphatic rings. The standard InChI is InChI=1S/C13H17BrO3/c1-10-6-7-11(14)9-12(10)17-8-4-2-3-5-13(15)16/h6-7,9H,2-5,8H2,1H3,(H,15,16). The van der Waals surface area contributed by atoms with Crippen molar-refractivity contribution in [2.45, 2.75) is 32.6 Å². The quantitative estimate of drug-likeness (QED) is 0.780. The lowest BCUT2D eigenvalue weighted by atomic mass is 10.2. The van der Waals surface area contributed by atoms with Crippen molar-refractivity contribution in [3.63, 3.8) is 0 Å². The van der Waals surface area contributed by atoms with Gasteiger partial charge in [0.05, 0.1) is 6.61 Å². The molecule has 0 unspecified atom stereocenters. The Labute approximate surface area is 110 Å². The smallest absolute Gasteiger partial charge is 0.303 e. The Morgan fingerprint density at radius 3 is 2.82 bits per heavy atom. The number of halogens is 1. The minimum atomic E-state index is -0.728. The van der Waals surface area contributed by atoms with Crippen LogP contribution in [0.2, 0.25) is 0 Å². The second kappa shape index (κ2) is 7.33. The summed E-state index contributed by atoms with van der Waals surface area (Å²) in [6.07, 6.45) is 2.74. The molecule has 0 aromatic heterocycles. The molecule has 0 amide bonds. The lowest BCUT2D eigenvalue weighted by Crippen LogP contribution is -2.00. The van der Waals surface area contributed by atoms with Gasteiger partial charge in [0.1, 0.15) is 5.75 Å². The predicted octanol–water partition coefficient (Wildman–Crippen LogP) is 3.78. The van der Waals surface area contributed by atoms with E-state index in [0.29, 0.717) is 6.61 Å². The van der Waals surface area contributed by atoms with Crippen LogP contribution in [0.25, 0.3) is 0 Å². The minimum absolute atomic E-state index is 0.246. The molecule has 0 saturated heterocycles. The number of ether oxygens (including phenoxy) is 1. The normalized spacial score (nSPS) is 10.2. The van der Waals surface area contributed by atoms with E-state index in [1.165, 1.54) is 0 Å². The first-order chi connectivity index (χ1) is 8.09. The summed E-state index contributed by atoms with van der Waals surface area (Å²) >= 11 is 3.40. The lowest BCUT2D eigenvalue weighted by Gasteiger charge is -2.09. The summed E-state index contributed by atoms with van der Waals surface area (Å²) in [4.78, 5) is 10.3. The molecular weight excluding hydrogens is 284 g/mol. The van der Waals surface area contributed by atoms with E-state index in [4.69, 9.17) is 9.84 Å². The highest BCUT2D eigenvalue weighted by atomic mass is 79.9. The van der Waals surface area contributed by atoms with Gasteiger partial charge in [-0.1, -0.05) is 22.0 Å². The zero-order valence-electron chi connectivity index (χ0n) is 9.91. The molecule has 1 rings (SSSR count). The first-order valence-electron chi connectivity index (χ1n) is 5.70. The van der Waals surface area contributed by atoms with Crippen molar-refractivity contribution in [3.05, 3.63) is 28.2 Å². The van der Waals surface area contributed by atoms with Gasteiger partial charge in [-0.05, 0) is 43.9 Å². The van der Waals surface area contributed by atoms with E-state index in [0.717, 1.165) is 35.0 Å². The van der Waals surface area contributed by atoms with Gasteiger partial charge < -0.3 is 9.84 Å². The Morgan fingerprint density at radius 1 is 1.35 bits per heavy atom. The van der Waals surface area contributed by atoms with Crippen molar-refractivity contribution in [2.75, 3.05) is 6.61 Å². The summed E-state index contributed by atoms with van der Waals surface area (Å²) in [5, 5.41) is 8.48. The van der Waals surface area contributed by atoms with Crippen molar-refractivity contribution >= 4 is 21.9 Å². The fourth-order valence-electron chi connectivity index (χ4n) is 1.47. The molecule has 17 heavy (non-hydrogen) atoms. The second-order valence-electron chi connectivity index (χ2n) is 3.96. The molecule has 0 spiro atoms. The fourth-order valence-corrected chi connectivity index (χ4v) is 1.81. The number of hydrogen-bond donors (Lipinski definition) is 1. The molecule has 0 bridgehead atoms. The minimum Gasteiger partial charge on any atom is -0.493 e. The molecule has 0 saturated carbocycles. The molecule has 0 aliphatic carbocycles. The van der Waals surface area contributed by atoms with Crippen molar-refractivity contribution in [1.82, 2.24) is 0 Å². The summed E-state index contributed by atoms with van der Waals surface area (Å²) in [6, 6.07) is 5.94. The lowest BCUT2D eigenvalue weighted by molar-refractivity contribution is -0.137. The average molecular weight is 301 g/mol. The summed E-state index contributed by atoms with van der Waals surface area (Å²) < 4.78 is 6.65. The largest absolute Gasteiger partial charge is 0.493 e. The second-order valence-corrected chi connectivity index (χ2v) is 4.88. The van der Waals surface area contributed by atoms with Crippen LogP contribution < -0.4 is 4.74 Å². The Bertz CT molecular complexity index is 377. The van der Waals surface area contributed by atoms with Crippen LogP contribution in [0.15, 0.2) is 22.7 Å². The Morgan fingerprint density at radius 2 is 2.12 bits per heavy atom. The van der Waals surface area contributed by atoms with Gasteiger partial charge >= 0.3 is 5.97 Å². The summed E-state index contributed by atoms with van der Waals surface area (Å²) in [6.45, 7) is 2.64. The number of rotatable bonds is 7. The molecule has 0 radical (unpaired) electrons. The molecule has 3 nitrogen and oxygen atoms in total. The van der Waals surface area contributed by atoms with Crippen LogP contribution in [0.1, 0.15) is 31.2 Å². The SMILES string of the molecule is Cc1ccc(Br)cc1OCCCCCC(=O)O. The number of unbranched alkanes of at least 4 members (excludes halogenated alkanes) is 2. The number of carbonyl (C=O) groups is 1. The highest BCUT2D eigenvalue weighted by Gasteiger charge is 2.01. The van der Waals surface area contributed by atoms with Gasteiger partial charge in [-0.15, -0.1) is 0 Å². The zero-order chi connectivity index (χ0) is 12.7. The first kappa shape index (κ1) is 14.0. The van der Waals surface area contributed by atoms with Crippen LogP contribution in [0.3, 0.4) is 0 Å². The van der Waals surface area contributed by atoms with E-state index in [1.807, 2.05) is 25.1 Å². The molecule has 1 aromatic carbocycles. The van der Waals surface area contributed by atoms with Gasteiger partial charge in [-0.25, -0.2) is 0 Å². The highest BCUT2D eigenvalue weighted by molar-refractivity contribution is 9.10. The third-order valence-electron chi connectivity index (χ3n) is 2.44. The Balaban J connectivity index is 2.22. The molecule has 0 fully saturated rings. The van der Waals surface area contributed by atoms with Crippen LogP contribution in [0, 0.1) is 6.92 Å². The predicted molar refractivity (Wildman–Crippen MR) is 70.5 cm³/mol. The molecule has 94 valence electrons. The third kappa shape index (κ3) is 5.73. The van der Waals surface area contributed by atoms with Crippen LogP contribution in [-0.2, 0) is 4.79 Å². The number of aliphatic carboxylic acids is 1. The van der Waals surface area contributed by atoms with Gasteiger partial charge in [0, 0.05) is 10.9 Å². The van der Waals surface area contributed by atoms with E-state index in [-0.39, 0.29) is 6.42 Å². The number of aryl methyl sites for hydroxylation is 1. The molecule has 1 aromatic rings. The van der Waals surface area contributed by atoms with Crippen LogP contribution in [-0.4, -0.2) is 17.7 Å². The summed E-state index contributed by atoms with van der Waals surface area (Å²) in [7, 11) is 0. The van der Waals surface area contributed by atoms with E-state index < -0.39 is 5.97 Å². The molecular formula is C13H17BrO3. The molecule has 0 heterocycles. The summed E-state index contributed by atoms with van der Waals surface area (Å²) in [5.41, 5.74) is 1.11. The topological polar surface area (TPSA) is 46.5 Å². The Hall–Kier alpha value is -1.03. The van der Waals surface area contributed by atoms with E-state index >= 15 is 0 Å². The van der Waals surface area contributed by atoms with Gasteiger partial charge in [-0.3, -0.25) is 4.79 Å². The average Bonchev–Trinajstić information content (AvgIpc) is 2.27. The maximum absolute atomic E-state index is 10.3. The van der Waals surface area contributed by atoms with Crippen LogP contribution >= 0.6 is 15.9 Å². The van der Waals surface area contributed by atoms with Crippen molar-refractivity contribution in [1.29, 1.82) is 0 Å². The van der Waals surface area contributed by atoms with E-state index in [9.17, 15) is 4.79 Å². The first-order valence-corrected chi connectivity index (χ1v) is 6.49. The number of carboxylic acid groups (broad SMARTS) is 1. The molecule has 0 aliphatic heterocycles. The molecule has 0 atom stereocenters. The third-order valence-corrected chi connectivity index (χ3v) is 2.94. The van der Waals surface area contributed by atoms with Gasteiger partial charge in [0.15, 0.2) is 0 Å². The van der Waals surface area contributed by atoms with Crippen molar-refractivity contribution < 1.29 is 14.6 Å². The monoisotopic (exact) mass is 300 g/mol. The highest BCUT2D eigenvalue weighted by Crippen LogP contribution is 2.23. The van der Waals surface area contributed by atoms with Crippen LogP contribution in [0.5, 0.6) is 5.75 Å². The number of benzene rings is 1. The summed E-state index contributed by atoms with van der Waals surface area (Å²) in [5.74, 6) is 0.159. The van der Waals surface area contributed by atoms with E-state index in [1.54, 1.807) is 0 Å². The number of carboxylic acids is 1. The number of hydrogen-bond acceptors (Lipinski definition) is 2. The van der Waals surface area contributed by atoms with Gasteiger partial charge in [-0.2, -0.15) is 0 Å². The Kier molecular flexibility index (Phi) is 6.05. The maximum atomic E-state index is 10.3. The maximum Gasteiger partial charge on any atom is 0.303 e. The van der Waals surface area contributed by atoms with E-state index in [2.05, 4.69) is 15.9 Å². The van der Waals surface area contributed by atoms with Gasteiger partial charge in [0.25, 0.3) is 0 Å². The fraction of sp³-hybridized carbons (Fsp3) is 0.462. The van der Waals surface area contributed by atoms with Crippen molar-refractivity contribution in [2.24, 2.45) is 0 Å². The van der Waals surface area contributed by atoms with Crippen LogP contribution in [0.4, 0.5) is 0 Å². The molecule has 1 N–H and O–H groups in total. The molecule has 4 heteroatoms. The zero-order valence-corrected chi connectivity index (χ0v) is 11.5. The van der Waals surface area contributed by atoms with Gasteiger partial charge in [0.2, 0.25) is 0 Å².